The highest BCUT2D eigenvalue weighted by molar-refractivity contribution is 7.91. The molecule has 2 rings (SSSR count). The van der Waals surface area contributed by atoms with Crippen molar-refractivity contribution in [1.29, 1.82) is 0 Å². The number of halogens is 3. The summed E-state index contributed by atoms with van der Waals surface area (Å²) in [4.78, 5) is 12.4. The van der Waals surface area contributed by atoms with E-state index in [0.29, 0.717) is 4.88 Å². The molecular weight excluding hydrogens is 360 g/mol. The fourth-order valence-electron chi connectivity index (χ4n) is 1.90. The van der Waals surface area contributed by atoms with E-state index in [2.05, 4.69) is 15.4 Å². The molecule has 1 atom stereocenters. The van der Waals surface area contributed by atoms with Gasteiger partial charge in [0.15, 0.2) is 0 Å². The molecular formula is C11H16ClF2N3O3S2. The molecule has 1 saturated heterocycles. The number of alkyl halides is 2. The third-order valence-corrected chi connectivity index (χ3v) is 6.03. The van der Waals surface area contributed by atoms with Gasteiger partial charge >= 0.3 is 0 Å². The van der Waals surface area contributed by atoms with Gasteiger partial charge < -0.3 is 5.32 Å². The normalized spacial score (nSPS) is 20.4. The van der Waals surface area contributed by atoms with E-state index in [9.17, 15) is 22.0 Å². The lowest BCUT2D eigenvalue weighted by Gasteiger charge is -2.10. The van der Waals surface area contributed by atoms with Crippen LogP contribution >= 0.6 is 23.7 Å². The molecule has 0 aliphatic carbocycles. The summed E-state index contributed by atoms with van der Waals surface area (Å²) in [6.45, 7) is -0.402. The Hall–Kier alpha value is -0.810. The van der Waals surface area contributed by atoms with Crippen molar-refractivity contribution in [2.75, 3.05) is 13.6 Å². The molecule has 0 aromatic carbocycles. The Balaban J connectivity index is 0.00000242. The average Bonchev–Trinajstić information content (AvgIpc) is 3.02. The monoisotopic (exact) mass is 375 g/mol. The molecule has 1 aromatic heterocycles. The molecule has 1 unspecified atom stereocenters. The second-order valence-corrected chi connectivity index (χ2v) is 7.92. The van der Waals surface area contributed by atoms with Crippen LogP contribution in [0.3, 0.4) is 0 Å². The van der Waals surface area contributed by atoms with E-state index in [4.69, 9.17) is 0 Å². The third kappa shape index (κ3) is 4.59. The molecule has 11 heteroatoms. The van der Waals surface area contributed by atoms with Gasteiger partial charge in [0.05, 0.1) is 19.1 Å². The molecule has 126 valence electrons. The SMILES string of the molecule is CNS(=O)(=O)c1ccc(CNC(=O)C2CC(F)(F)CN2)s1.Cl. The topological polar surface area (TPSA) is 87.3 Å². The van der Waals surface area contributed by atoms with Crippen LogP contribution in [0.4, 0.5) is 8.78 Å². The first kappa shape index (κ1) is 19.2. The summed E-state index contributed by atoms with van der Waals surface area (Å²) in [7, 11) is -2.19. The van der Waals surface area contributed by atoms with Crippen LogP contribution in [0.2, 0.25) is 0 Å². The number of rotatable bonds is 5. The fraction of sp³-hybridized carbons (Fsp3) is 0.545. The van der Waals surface area contributed by atoms with Gasteiger partial charge in [0, 0.05) is 11.3 Å². The van der Waals surface area contributed by atoms with Crippen molar-refractivity contribution in [2.45, 2.75) is 29.1 Å². The van der Waals surface area contributed by atoms with Gasteiger partial charge in [0.25, 0.3) is 5.92 Å². The van der Waals surface area contributed by atoms with Crippen LogP contribution in [-0.4, -0.2) is 39.9 Å². The lowest BCUT2D eigenvalue weighted by molar-refractivity contribution is -0.123. The molecule has 2 heterocycles. The van der Waals surface area contributed by atoms with Gasteiger partial charge in [0.2, 0.25) is 15.9 Å². The summed E-state index contributed by atoms with van der Waals surface area (Å²) in [6, 6.07) is 2.09. The Morgan fingerprint density at radius 1 is 1.50 bits per heavy atom. The molecule has 0 bridgehead atoms. The Morgan fingerprint density at radius 3 is 2.73 bits per heavy atom. The summed E-state index contributed by atoms with van der Waals surface area (Å²) in [6.07, 6.45) is -0.525. The lowest BCUT2D eigenvalue weighted by atomic mass is 10.2. The molecule has 1 aromatic rings. The highest BCUT2D eigenvalue weighted by Crippen LogP contribution is 2.25. The number of carbonyl (C=O) groups excluding carboxylic acids is 1. The molecule has 3 N–H and O–H groups in total. The first-order chi connectivity index (χ1) is 9.73. The van der Waals surface area contributed by atoms with Crippen LogP contribution in [0, 0.1) is 0 Å². The largest absolute Gasteiger partial charge is 0.350 e. The predicted octanol–water partition coefficient (Wildman–Crippen LogP) is 0.691. The third-order valence-electron chi connectivity index (χ3n) is 3.03. The minimum Gasteiger partial charge on any atom is -0.350 e. The van der Waals surface area contributed by atoms with Crippen LogP contribution < -0.4 is 15.4 Å². The van der Waals surface area contributed by atoms with Crippen LogP contribution in [0.15, 0.2) is 16.3 Å². The number of amides is 1. The standard InChI is InChI=1S/C11H15F2N3O3S2.ClH/c1-14-21(18,19)9-3-2-7(20-9)5-15-10(17)8-4-11(12,13)6-16-8;/h2-3,8,14,16H,4-6H2,1H3,(H,15,17);1H. The number of nitrogens with one attached hydrogen (secondary N) is 3. The van der Waals surface area contributed by atoms with Crippen molar-refractivity contribution in [3.8, 4) is 0 Å². The highest BCUT2D eigenvalue weighted by atomic mass is 35.5. The summed E-state index contributed by atoms with van der Waals surface area (Å²) < 4.78 is 51.4. The highest BCUT2D eigenvalue weighted by Gasteiger charge is 2.42. The smallest absolute Gasteiger partial charge is 0.262 e. The van der Waals surface area contributed by atoms with Crippen LogP contribution in [0.1, 0.15) is 11.3 Å². The maximum absolute atomic E-state index is 13.0. The van der Waals surface area contributed by atoms with Gasteiger partial charge in [0.1, 0.15) is 4.21 Å². The Labute approximate surface area is 137 Å². The second kappa shape index (κ2) is 7.18. The molecule has 0 radical (unpaired) electrons. The van der Waals surface area contributed by atoms with Gasteiger partial charge in [-0.25, -0.2) is 21.9 Å². The van der Waals surface area contributed by atoms with Gasteiger partial charge in [-0.15, -0.1) is 23.7 Å². The van der Waals surface area contributed by atoms with Crippen molar-refractivity contribution in [2.24, 2.45) is 0 Å². The Morgan fingerprint density at radius 2 is 2.18 bits per heavy atom. The molecule has 22 heavy (non-hydrogen) atoms. The molecule has 1 aliphatic heterocycles. The van der Waals surface area contributed by atoms with Crippen LogP contribution in [0.25, 0.3) is 0 Å². The first-order valence-corrected chi connectivity index (χ1v) is 8.45. The Kier molecular flexibility index (Phi) is 6.27. The maximum Gasteiger partial charge on any atom is 0.262 e. The number of hydrogen-bond donors (Lipinski definition) is 3. The number of sulfonamides is 1. The van der Waals surface area contributed by atoms with E-state index in [0.717, 1.165) is 11.3 Å². The van der Waals surface area contributed by atoms with Crippen molar-refractivity contribution in [3.05, 3.63) is 17.0 Å². The molecule has 1 aliphatic rings. The number of carbonyl (C=O) groups is 1. The minimum atomic E-state index is -3.50. The van der Waals surface area contributed by atoms with Crippen LogP contribution in [-0.2, 0) is 21.4 Å². The zero-order valence-corrected chi connectivity index (χ0v) is 14.0. The fourth-order valence-corrected chi connectivity index (χ4v) is 4.03. The molecule has 1 fully saturated rings. The van der Waals surface area contributed by atoms with E-state index in [1.54, 1.807) is 6.07 Å². The van der Waals surface area contributed by atoms with Crippen molar-refractivity contribution in [3.63, 3.8) is 0 Å². The van der Waals surface area contributed by atoms with Crippen molar-refractivity contribution in [1.82, 2.24) is 15.4 Å². The van der Waals surface area contributed by atoms with Crippen molar-refractivity contribution >= 4 is 39.7 Å². The summed E-state index contributed by atoms with van der Waals surface area (Å²) in [5, 5.41) is 4.98. The molecule has 6 nitrogen and oxygen atoms in total. The Bertz CT molecular complexity index is 636. The zero-order chi connectivity index (χ0) is 15.7. The summed E-state index contributed by atoms with van der Waals surface area (Å²) in [5.41, 5.74) is 0. The molecule has 0 saturated carbocycles. The molecule has 1 amide bonds. The second-order valence-electron chi connectivity index (χ2n) is 4.64. The first-order valence-electron chi connectivity index (χ1n) is 6.15. The van der Waals surface area contributed by atoms with Crippen LogP contribution in [0.5, 0.6) is 0 Å². The number of hydrogen-bond acceptors (Lipinski definition) is 5. The lowest BCUT2D eigenvalue weighted by Crippen LogP contribution is -2.39. The quantitative estimate of drug-likeness (QED) is 0.706. The number of thiophene rings is 1. The van der Waals surface area contributed by atoms with E-state index in [-0.39, 0.29) is 23.2 Å². The van der Waals surface area contributed by atoms with Gasteiger partial charge in [-0.3, -0.25) is 10.1 Å². The van der Waals surface area contributed by atoms with Gasteiger partial charge in [-0.1, -0.05) is 0 Å². The molecule has 0 spiro atoms. The summed E-state index contributed by atoms with van der Waals surface area (Å²) in [5.74, 6) is -3.38. The minimum absolute atomic E-state index is 0. The average molecular weight is 376 g/mol. The van der Waals surface area contributed by atoms with Gasteiger partial charge in [-0.2, -0.15) is 0 Å². The van der Waals surface area contributed by atoms with E-state index in [1.807, 2.05) is 0 Å². The van der Waals surface area contributed by atoms with E-state index in [1.165, 1.54) is 13.1 Å². The predicted molar refractivity (Wildman–Crippen MR) is 81.0 cm³/mol. The summed E-state index contributed by atoms with van der Waals surface area (Å²) >= 11 is 1.01. The van der Waals surface area contributed by atoms with E-state index < -0.39 is 40.9 Å². The zero-order valence-electron chi connectivity index (χ0n) is 11.6. The van der Waals surface area contributed by atoms with Crippen molar-refractivity contribution < 1.29 is 22.0 Å². The van der Waals surface area contributed by atoms with Gasteiger partial charge in [-0.05, 0) is 19.2 Å². The maximum atomic E-state index is 13.0. The van der Waals surface area contributed by atoms with E-state index >= 15 is 0 Å².